The van der Waals surface area contributed by atoms with Crippen molar-refractivity contribution < 1.29 is 14.3 Å². The first-order valence-electron chi connectivity index (χ1n) is 7.85. The Balaban J connectivity index is 1.87. The zero-order valence-electron chi connectivity index (χ0n) is 14.1. The molecule has 0 radical (unpaired) electrons. The Morgan fingerprint density at radius 3 is 2.40 bits per heavy atom. The summed E-state index contributed by atoms with van der Waals surface area (Å²) in [6, 6.07) is 19.8. The first-order valence-corrected chi connectivity index (χ1v) is 8.67. The molecular weight excluding hydrogens is 334 g/mol. The fraction of sp³-hybridized carbons (Fsp3) is 0.150. The number of rotatable bonds is 6. The Bertz CT molecular complexity index is 841. The van der Waals surface area contributed by atoms with Gasteiger partial charge < -0.3 is 14.8 Å². The van der Waals surface area contributed by atoms with Gasteiger partial charge in [-0.15, -0.1) is 11.3 Å². The van der Waals surface area contributed by atoms with Gasteiger partial charge in [0.25, 0.3) is 0 Å². The van der Waals surface area contributed by atoms with Crippen LogP contribution >= 0.6 is 11.3 Å². The second kappa shape index (κ2) is 7.85. The number of carbonyl (C=O) groups is 1. The van der Waals surface area contributed by atoms with Crippen LogP contribution in [0.3, 0.4) is 0 Å². The number of hydrogen-bond donors (Lipinski definition) is 1. The van der Waals surface area contributed by atoms with Gasteiger partial charge in [-0.1, -0.05) is 30.3 Å². The van der Waals surface area contributed by atoms with Gasteiger partial charge in [-0.05, 0) is 41.5 Å². The van der Waals surface area contributed by atoms with Crippen molar-refractivity contribution in [3.05, 3.63) is 71.1 Å². The van der Waals surface area contributed by atoms with Crippen molar-refractivity contribution in [2.24, 2.45) is 0 Å². The normalized spacial score (nSPS) is 10.3. The van der Waals surface area contributed by atoms with E-state index in [2.05, 4.69) is 5.32 Å². The van der Waals surface area contributed by atoms with Crippen molar-refractivity contribution in [2.75, 3.05) is 19.5 Å². The number of esters is 1. The number of thiophene rings is 1. The monoisotopic (exact) mass is 353 g/mol. The summed E-state index contributed by atoms with van der Waals surface area (Å²) in [7, 11) is 3.04. The molecule has 0 saturated heterocycles. The summed E-state index contributed by atoms with van der Waals surface area (Å²) < 4.78 is 10.1. The molecule has 0 spiro atoms. The molecule has 4 nitrogen and oxygen atoms in total. The van der Waals surface area contributed by atoms with Gasteiger partial charge in [0.15, 0.2) is 0 Å². The molecule has 0 aliphatic carbocycles. The lowest BCUT2D eigenvalue weighted by atomic mass is 10.1. The van der Waals surface area contributed by atoms with Crippen LogP contribution in [0.1, 0.15) is 15.2 Å². The highest BCUT2D eigenvalue weighted by Crippen LogP contribution is 2.36. The van der Waals surface area contributed by atoms with E-state index < -0.39 is 0 Å². The minimum atomic E-state index is -0.333. The van der Waals surface area contributed by atoms with Crippen molar-refractivity contribution in [3.63, 3.8) is 0 Å². The van der Waals surface area contributed by atoms with Crippen molar-refractivity contribution >= 4 is 23.0 Å². The highest BCUT2D eigenvalue weighted by atomic mass is 32.1. The second-order valence-electron chi connectivity index (χ2n) is 5.41. The molecule has 0 aliphatic rings. The van der Waals surface area contributed by atoms with Crippen LogP contribution in [0.4, 0.5) is 5.69 Å². The van der Waals surface area contributed by atoms with E-state index in [1.807, 2.05) is 60.7 Å². The molecule has 0 bridgehead atoms. The SMILES string of the molecule is COC(=O)c1sc(-c2ccc(OC)cc2)cc1NCc1ccccc1. The fourth-order valence-corrected chi connectivity index (χ4v) is 3.52. The van der Waals surface area contributed by atoms with E-state index in [1.165, 1.54) is 18.4 Å². The van der Waals surface area contributed by atoms with Gasteiger partial charge in [0.1, 0.15) is 10.6 Å². The maximum Gasteiger partial charge on any atom is 0.350 e. The number of carbonyl (C=O) groups excluding carboxylic acids is 1. The van der Waals surface area contributed by atoms with Gasteiger partial charge >= 0.3 is 5.97 Å². The van der Waals surface area contributed by atoms with Crippen LogP contribution in [0.25, 0.3) is 10.4 Å². The number of benzene rings is 2. The molecule has 0 amide bonds. The van der Waals surface area contributed by atoms with E-state index in [1.54, 1.807) is 7.11 Å². The third kappa shape index (κ3) is 4.00. The Hall–Kier alpha value is -2.79. The minimum Gasteiger partial charge on any atom is -0.497 e. The van der Waals surface area contributed by atoms with E-state index in [0.717, 1.165) is 27.4 Å². The zero-order valence-corrected chi connectivity index (χ0v) is 14.9. The molecule has 2 aromatic carbocycles. The van der Waals surface area contributed by atoms with Crippen LogP contribution in [0.5, 0.6) is 5.75 Å². The topological polar surface area (TPSA) is 47.6 Å². The van der Waals surface area contributed by atoms with Gasteiger partial charge in [0.2, 0.25) is 0 Å². The lowest BCUT2D eigenvalue weighted by Crippen LogP contribution is -2.05. The summed E-state index contributed by atoms with van der Waals surface area (Å²) in [5, 5.41) is 3.34. The van der Waals surface area contributed by atoms with Gasteiger partial charge in [-0.25, -0.2) is 4.79 Å². The lowest BCUT2D eigenvalue weighted by molar-refractivity contribution is 0.0607. The van der Waals surface area contributed by atoms with Crippen LogP contribution in [0, 0.1) is 0 Å². The molecule has 1 N–H and O–H groups in total. The summed E-state index contributed by atoms with van der Waals surface area (Å²) in [5.74, 6) is 0.469. The van der Waals surface area contributed by atoms with Crippen LogP contribution < -0.4 is 10.1 Å². The van der Waals surface area contributed by atoms with E-state index in [9.17, 15) is 4.79 Å². The Morgan fingerprint density at radius 2 is 1.76 bits per heavy atom. The minimum absolute atomic E-state index is 0.333. The smallest absolute Gasteiger partial charge is 0.350 e. The maximum absolute atomic E-state index is 12.1. The van der Waals surface area contributed by atoms with E-state index in [0.29, 0.717) is 11.4 Å². The number of ether oxygens (including phenoxy) is 2. The van der Waals surface area contributed by atoms with Crippen molar-refractivity contribution in [1.29, 1.82) is 0 Å². The molecule has 3 rings (SSSR count). The summed E-state index contributed by atoms with van der Waals surface area (Å²) in [6.07, 6.45) is 0. The number of anilines is 1. The van der Waals surface area contributed by atoms with E-state index >= 15 is 0 Å². The van der Waals surface area contributed by atoms with Crippen LogP contribution in [0.15, 0.2) is 60.7 Å². The number of nitrogens with one attached hydrogen (secondary N) is 1. The summed E-state index contributed by atoms with van der Waals surface area (Å²) >= 11 is 1.42. The van der Waals surface area contributed by atoms with Gasteiger partial charge in [-0.3, -0.25) is 0 Å². The summed E-state index contributed by atoms with van der Waals surface area (Å²) in [4.78, 5) is 13.7. The second-order valence-corrected chi connectivity index (χ2v) is 6.46. The Morgan fingerprint density at radius 1 is 1.04 bits per heavy atom. The van der Waals surface area contributed by atoms with E-state index in [-0.39, 0.29) is 5.97 Å². The molecule has 1 heterocycles. The standard InChI is InChI=1S/C20H19NO3S/c1-23-16-10-8-15(9-11-16)18-12-17(19(25-18)20(22)24-2)21-13-14-6-4-3-5-7-14/h3-12,21H,13H2,1-2H3. The fourth-order valence-electron chi connectivity index (χ4n) is 2.46. The molecule has 5 heteroatoms. The first kappa shape index (κ1) is 17.0. The van der Waals surface area contributed by atoms with Crippen molar-refractivity contribution in [1.82, 2.24) is 0 Å². The molecule has 0 saturated carbocycles. The predicted molar refractivity (Wildman–Crippen MR) is 101 cm³/mol. The lowest BCUT2D eigenvalue weighted by Gasteiger charge is -2.06. The van der Waals surface area contributed by atoms with Crippen LogP contribution in [0.2, 0.25) is 0 Å². The predicted octanol–water partition coefficient (Wildman–Crippen LogP) is 4.82. The van der Waals surface area contributed by atoms with Crippen LogP contribution in [-0.2, 0) is 11.3 Å². The van der Waals surface area contributed by atoms with E-state index in [4.69, 9.17) is 9.47 Å². The molecule has 0 atom stereocenters. The van der Waals surface area contributed by atoms with Crippen molar-refractivity contribution in [2.45, 2.75) is 6.54 Å². The summed E-state index contributed by atoms with van der Waals surface area (Å²) in [6.45, 7) is 0.642. The first-order chi connectivity index (χ1) is 12.2. The molecule has 1 aromatic heterocycles. The highest BCUT2D eigenvalue weighted by molar-refractivity contribution is 7.18. The number of methoxy groups -OCH3 is 2. The maximum atomic E-state index is 12.1. The molecule has 3 aromatic rings. The molecule has 0 unspecified atom stereocenters. The quantitative estimate of drug-likeness (QED) is 0.645. The Labute approximate surface area is 151 Å². The highest BCUT2D eigenvalue weighted by Gasteiger charge is 2.17. The third-order valence-corrected chi connectivity index (χ3v) is 4.97. The average Bonchev–Trinajstić information content (AvgIpc) is 3.11. The zero-order chi connectivity index (χ0) is 17.6. The third-order valence-electron chi connectivity index (χ3n) is 3.80. The molecular formula is C20H19NO3S. The molecule has 128 valence electrons. The molecule has 0 fully saturated rings. The van der Waals surface area contributed by atoms with Crippen molar-refractivity contribution in [3.8, 4) is 16.2 Å². The van der Waals surface area contributed by atoms with Gasteiger partial charge in [-0.2, -0.15) is 0 Å². The van der Waals surface area contributed by atoms with Crippen LogP contribution in [-0.4, -0.2) is 20.2 Å². The largest absolute Gasteiger partial charge is 0.497 e. The Kier molecular flexibility index (Phi) is 5.36. The molecule has 25 heavy (non-hydrogen) atoms. The number of hydrogen-bond acceptors (Lipinski definition) is 5. The van der Waals surface area contributed by atoms with Gasteiger partial charge in [0.05, 0.1) is 19.9 Å². The summed E-state index contributed by atoms with van der Waals surface area (Å²) in [5.41, 5.74) is 2.96. The van der Waals surface area contributed by atoms with Gasteiger partial charge in [0, 0.05) is 11.4 Å². The molecule has 0 aliphatic heterocycles. The average molecular weight is 353 g/mol.